The summed E-state index contributed by atoms with van der Waals surface area (Å²) in [6.45, 7) is 4.06. The molecule has 222 valence electrons. The second-order valence-corrected chi connectivity index (χ2v) is 11.5. The number of fused-ring (bicyclic) bond motifs is 3. The third-order valence-corrected chi connectivity index (χ3v) is 8.81. The van der Waals surface area contributed by atoms with Crippen LogP contribution in [0.4, 0.5) is 17.5 Å². The van der Waals surface area contributed by atoms with Gasteiger partial charge in [0, 0.05) is 17.6 Å². The van der Waals surface area contributed by atoms with Crippen molar-refractivity contribution >= 4 is 29.3 Å². The van der Waals surface area contributed by atoms with Gasteiger partial charge >= 0.3 is 0 Å². The molecule has 4 heterocycles. The lowest BCUT2D eigenvalue weighted by Crippen LogP contribution is -2.43. The van der Waals surface area contributed by atoms with E-state index in [1.165, 1.54) is 0 Å². The van der Waals surface area contributed by atoms with Gasteiger partial charge in [-0.1, -0.05) is 19.8 Å². The number of nitrogens with one attached hydrogen (secondary N) is 2. The molecule has 1 saturated carbocycles. The number of amides is 2. The third kappa shape index (κ3) is 5.15. The van der Waals surface area contributed by atoms with Crippen LogP contribution < -0.4 is 26.0 Å². The topological polar surface area (TPSA) is 144 Å². The summed E-state index contributed by atoms with van der Waals surface area (Å²) < 4.78 is 7.56. The van der Waals surface area contributed by atoms with E-state index in [9.17, 15) is 9.59 Å². The molecule has 0 radical (unpaired) electrons. The van der Waals surface area contributed by atoms with Gasteiger partial charge in [0.05, 0.1) is 30.7 Å². The van der Waals surface area contributed by atoms with Crippen LogP contribution in [0.1, 0.15) is 84.5 Å². The standard InChI is InChI=1S/C30H39N9O3/c1-4-22-26-25(27(31)40)33-17-38(26)23-16-32-30(36-28(23)39(22)20-7-5-6-8-20)35-21-10-9-18(15-24(21)42-3)29(41)34-19-11-13-37(2)14-12-19/h9-10,15-17,19-20,22H,4-8,11-14H2,1-3H3,(H2,31,40)(H,34,41)(H,32,35,36)/t22-/m1/s1. The van der Waals surface area contributed by atoms with Gasteiger partial charge in [-0.2, -0.15) is 4.98 Å². The summed E-state index contributed by atoms with van der Waals surface area (Å²) in [6.07, 6.45) is 10.5. The maximum atomic E-state index is 13.0. The normalized spacial score (nSPS) is 19.3. The van der Waals surface area contributed by atoms with Gasteiger partial charge < -0.3 is 30.9 Å². The minimum absolute atomic E-state index is 0.0924. The number of anilines is 3. The molecule has 1 saturated heterocycles. The molecule has 42 heavy (non-hydrogen) atoms. The second-order valence-electron chi connectivity index (χ2n) is 11.5. The number of benzene rings is 1. The van der Waals surface area contributed by atoms with Gasteiger partial charge in [0.25, 0.3) is 11.8 Å². The lowest BCUT2D eigenvalue weighted by molar-refractivity contribution is 0.0915. The van der Waals surface area contributed by atoms with Crippen LogP contribution in [0.15, 0.2) is 30.7 Å². The van der Waals surface area contributed by atoms with Gasteiger partial charge in [0.15, 0.2) is 11.5 Å². The van der Waals surface area contributed by atoms with Crippen LogP contribution in [-0.2, 0) is 0 Å². The summed E-state index contributed by atoms with van der Waals surface area (Å²) in [4.78, 5) is 43.9. The Morgan fingerprint density at radius 3 is 2.57 bits per heavy atom. The Hall–Kier alpha value is -4.19. The van der Waals surface area contributed by atoms with E-state index in [0.717, 1.165) is 75.2 Å². The minimum Gasteiger partial charge on any atom is -0.495 e. The monoisotopic (exact) mass is 573 g/mol. The van der Waals surface area contributed by atoms with Gasteiger partial charge in [0.1, 0.15) is 17.8 Å². The zero-order chi connectivity index (χ0) is 29.4. The zero-order valence-electron chi connectivity index (χ0n) is 24.5. The van der Waals surface area contributed by atoms with Crippen molar-refractivity contribution in [2.75, 3.05) is 37.5 Å². The first-order valence-electron chi connectivity index (χ1n) is 14.8. The van der Waals surface area contributed by atoms with Crippen LogP contribution in [0.25, 0.3) is 5.69 Å². The Kier molecular flexibility index (Phi) is 7.72. The van der Waals surface area contributed by atoms with Crippen LogP contribution in [-0.4, -0.2) is 75.6 Å². The van der Waals surface area contributed by atoms with E-state index in [-0.39, 0.29) is 24.0 Å². The lowest BCUT2D eigenvalue weighted by atomic mass is 10.00. The molecule has 12 heteroatoms. The van der Waals surface area contributed by atoms with E-state index in [1.807, 2.05) is 10.6 Å². The van der Waals surface area contributed by atoms with Crippen LogP contribution in [0.2, 0.25) is 0 Å². The highest BCUT2D eigenvalue weighted by Gasteiger charge is 2.40. The van der Waals surface area contributed by atoms with Crippen molar-refractivity contribution in [3.63, 3.8) is 0 Å². The van der Waals surface area contributed by atoms with Crippen molar-refractivity contribution in [1.82, 2.24) is 29.7 Å². The molecule has 0 bridgehead atoms. The molecular weight excluding hydrogens is 534 g/mol. The average molecular weight is 574 g/mol. The number of piperidine rings is 1. The Bertz CT molecular complexity index is 1470. The number of methoxy groups -OCH3 is 1. The summed E-state index contributed by atoms with van der Waals surface area (Å²) in [5.74, 6) is 1.08. The van der Waals surface area contributed by atoms with Gasteiger partial charge in [-0.25, -0.2) is 9.97 Å². The van der Waals surface area contributed by atoms with Crippen molar-refractivity contribution in [1.29, 1.82) is 0 Å². The van der Waals surface area contributed by atoms with E-state index in [0.29, 0.717) is 28.6 Å². The summed E-state index contributed by atoms with van der Waals surface area (Å²) in [5.41, 5.74) is 8.77. The van der Waals surface area contributed by atoms with Gasteiger partial charge in [-0.05, 0) is 70.4 Å². The van der Waals surface area contributed by atoms with Crippen LogP contribution >= 0.6 is 0 Å². The second kappa shape index (κ2) is 11.6. The zero-order valence-corrected chi connectivity index (χ0v) is 24.5. The summed E-state index contributed by atoms with van der Waals surface area (Å²) in [5, 5.41) is 6.47. The van der Waals surface area contributed by atoms with Gasteiger partial charge in [-0.3, -0.25) is 14.2 Å². The Morgan fingerprint density at radius 1 is 1.12 bits per heavy atom. The van der Waals surface area contributed by atoms with E-state index in [4.69, 9.17) is 15.5 Å². The molecular formula is C30H39N9O3. The lowest BCUT2D eigenvalue weighted by Gasteiger charge is -2.42. The number of imidazole rings is 1. The first-order valence-corrected chi connectivity index (χ1v) is 14.8. The molecule has 1 aromatic carbocycles. The van der Waals surface area contributed by atoms with Gasteiger partial charge in [0.2, 0.25) is 5.95 Å². The number of nitrogens with zero attached hydrogens (tertiary/aromatic N) is 6. The van der Waals surface area contributed by atoms with Crippen LogP contribution in [0, 0.1) is 0 Å². The average Bonchev–Trinajstić information content (AvgIpc) is 3.69. The number of hydrogen-bond acceptors (Lipinski definition) is 9. The molecule has 3 aromatic rings. The van der Waals surface area contributed by atoms with Gasteiger partial charge in [-0.15, -0.1) is 0 Å². The first kappa shape index (κ1) is 28.0. The molecule has 2 aromatic heterocycles. The molecule has 2 aliphatic heterocycles. The van der Waals surface area contributed by atoms with E-state index in [1.54, 1.807) is 31.8 Å². The van der Waals surface area contributed by atoms with Crippen molar-refractivity contribution in [3.05, 3.63) is 47.7 Å². The van der Waals surface area contributed by atoms with E-state index >= 15 is 0 Å². The smallest absolute Gasteiger partial charge is 0.269 e. The summed E-state index contributed by atoms with van der Waals surface area (Å²) in [6, 6.07) is 5.72. The van der Waals surface area contributed by atoms with Crippen LogP contribution in [0.3, 0.4) is 0 Å². The van der Waals surface area contributed by atoms with E-state index < -0.39 is 5.91 Å². The van der Waals surface area contributed by atoms with Crippen molar-refractivity contribution in [3.8, 4) is 11.4 Å². The number of primary amides is 1. The first-order chi connectivity index (χ1) is 20.4. The molecule has 4 N–H and O–H groups in total. The largest absolute Gasteiger partial charge is 0.495 e. The fourth-order valence-corrected chi connectivity index (χ4v) is 6.60. The maximum absolute atomic E-state index is 13.0. The molecule has 2 fully saturated rings. The molecule has 2 amide bonds. The van der Waals surface area contributed by atoms with E-state index in [2.05, 4.69) is 44.4 Å². The fraction of sp³-hybridized carbons (Fsp3) is 0.500. The summed E-state index contributed by atoms with van der Waals surface area (Å²) in [7, 11) is 3.68. The van der Waals surface area contributed by atoms with Crippen LogP contribution in [0.5, 0.6) is 5.75 Å². The molecule has 0 spiro atoms. The number of hydrogen-bond donors (Lipinski definition) is 3. The molecule has 6 rings (SSSR count). The highest BCUT2D eigenvalue weighted by atomic mass is 16.5. The van der Waals surface area contributed by atoms with Crippen molar-refractivity contribution < 1.29 is 14.3 Å². The number of ether oxygens (including phenoxy) is 1. The Morgan fingerprint density at radius 2 is 1.88 bits per heavy atom. The Balaban J connectivity index is 1.30. The SMILES string of the molecule is CC[C@@H]1c2c(C(N)=O)ncn2-c2cnc(Nc3ccc(C(=O)NC4CCN(C)CC4)cc3OC)nc2N1C1CCCC1. The van der Waals surface area contributed by atoms with Crippen molar-refractivity contribution in [2.45, 2.75) is 70.0 Å². The molecule has 12 nitrogen and oxygen atoms in total. The highest BCUT2D eigenvalue weighted by molar-refractivity contribution is 5.95. The number of carbonyl (C=O) groups is 2. The minimum atomic E-state index is -0.535. The Labute approximate surface area is 245 Å². The summed E-state index contributed by atoms with van der Waals surface area (Å²) >= 11 is 0. The number of aromatic nitrogens is 4. The fourth-order valence-electron chi connectivity index (χ4n) is 6.60. The van der Waals surface area contributed by atoms with Crippen molar-refractivity contribution in [2.24, 2.45) is 5.73 Å². The molecule has 1 atom stereocenters. The third-order valence-electron chi connectivity index (χ3n) is 8.81. The maximum Gasteiger partial charge on any atom is 0.269 e. The molecule has 0 unspecified atom stereocenters. The predicted molar refractivity (Wildman–Crippen MR) is 160 cm³/mol. The number of carbonyl (C=O) groups excluding carboxylic acids is 2. The number of likely N-dealkylation sites (tertiary alicyclic amines) is 1. The number of rotatable bonds is 8. The molecule has 1 aliphatic carbocycles. The quantitative estimate of drug-likeness (QED) is 0.369. The predicted octanol–water partition coefficient (Wildman–Crippen LogP) is 3.55. The molecule has 3 aliphatic rings. The highest BCUT2D eigenvalue weighted by Crippen LogP contribution is 2.44. The number of nitrogens with two attached hydrogens (primary N) is 1.